The van der Waals surface area contributed by atoms with E-state index in [9.17, 15) is 23.1 Å². The third-order valence-corrected chi connectivity index (χ3v) is 5.39. The van der Waals surface area contributed by atoms with Crippen molar-refractivity contribution < 1.29 is 32.6 Å². The Labute approximate surface area is 184 Å². The van der Waals surface area contributed by atoms with Crippen LogP contribution in [0.2, 0.25) is 0 Å². The maximum Gasteiger partial charge on any atom is 0.348 e. The largest absolute Gasteiger partial charge is 0.489 e. The first-order chi connectivity index (χ1) is 15.1. The van der Waals surface area contributed by atoms with E-state index in [1.54, 1.807) is 36.1 Å². The summed E-state index contributed by atoms with van der Waals surface area (Å²) in [5.41, 5.74) is 0.259. The first-order valence-corrected chi connectivity index (χ1v) is 11.2. The normalized spacial score (nSPS) is 12.1. The van der Waals surface area contributed by atoms with Gasteiger partial charge in [-0.2, -0.15) is 5.10 Å². The van der Waals surface area contributed by atoms with Crippen molar-refractivity contribution in [3.05, 3.63) is 66.4 Å². The molecule has 1 heterocycles. The van der Waals surface area contributed by atoms with Gasteiger partial charge in [0.15, 0.2) is 15.7 Å². The molecule has 1 unspecified atom stereocenters. The molecule has 168 valence electrons. The number of carboxylic acids is 1. The van der Waals surface area contributed by atoms with Crippen molar-refractivity contribution in [3.63, 3.8) is 0 Å². The second-order valence-electron chi connectivity index (χ2n) is 6.86. The number of carbonyl (C=O) groups is 2. The smallest absolute Gasteiger partial charge is 0.348 e. The third-order valence-electron chi connectivity index (χ3n) is 4.26. The van der Waals surface area contributed by atoms with Crippen LogP contribution in [0.25, 0.3) is 0 Å². The molecule has 0 aliphatic heterocycles. The van der Waals surface area contributed by atoms with Crippen molar-refractivity contribution >= 4 is 27.5 Å². The zero-order chi connectivity index (χ0) is 23.3. The van der Waals surface area contributed by atoms with E-state index in [1.807, 2.05) is 0 Å². The maximum atomic E-state index is 12.4. The number of nitrogens with one attached hydrogen (secondary N) is 1. The first kappa shape index (κ1) is 22.8. The van der Waals surface area contributed by atoms with Gasteiger partial charge >= 0.3 is 5.97 Å². The predicted octanol–water partition coefficient (Wildman–Crippen LogP) is 1.99. The van der Waals surface area contributed by atoms with Gasteiger partial charge in [-0.05, 0) is 42.5 Å². The van der Waals surface area contributed by atoms with E-state index in [-0.39, 0.29) is 28.6 Å². The topological polar surface area (TPSA) is 137 Å². The molecular formula is C21H21N3O7S. The van der Waals surface area contributed by atoms with E-state index in [1.165, 1.54) is 36.4 Å². The monoisotopic (exact) mass is 459 g/mol. The Bertz CT molecular complexity index is 1220. The van der Waals surface area contributed by atoms with Crippen molar-refractivity contribution in [1.82, 2.24) is 9.78 Å². The fourth-order valence-corrected chi connectivity index (χ4v) is 3.29. The van der Waals surface area contributed by atoms with E-state index in [4.69, 9.17) is 9.47 Å². The van der Waals surface area contributed by atoms with E-state index >= 15 is 0 Å². The summed E-state index contributed by atoms with van der Waals surface area (Å²) in [7, 11) is -1.63. The summed E-state index contributed by atoms with van der Waals surface area (Å²) in [4.78, 5) is 24.1. The average Bonchev–Trinajstić information content (AvgIpc) is 3.15. The van der Waals surface area contributed by atoms with Crippen LogP contribution in [-0.4, -0.2) is 54.1 Å². The number of hydrogen-bond donors (Lipinski definition) is 2. The summed E-state index contributed by atoms with van der Waals surface area (Å²) in [6, 6.07) is 13.3. The number of anilines is 1. The SMILES string of the molecule is Cn1ccc(NC(=O)c2cccc(OC(COc3ccc(S(C)(=O)=O)cc3)C(=O)O)c2)n1. The molecular weight excluding hydrogens is 438 g/mol. The molecule has 3 aromatic rings. The second kappa shape index (κ2) is 9.52. The predicted molar refractivity (Wildman–Crippen MR) is 115 cm³/mol. The van der Waals surface area contributed by atoms with Crippen LogP contribution in [0.5, 0.6) is 11.5 Å². The van der Waals surface area contributed by atoms with Gasteiger partial charge in [0, 0.05) is 31.1 Å². The van der Waals surface area contributed by atoms with Gasteiger partial charge in [-0.15, -0.1) is 0 Å². The van der Waals surface area contributed by atoms with Crippen molar-refractivity contribution in [2.24, 2.45) is 7.05 Å². The summed E-state index contributed by atoms with van der Waals surface area (Å²) in [5, 5.41) is 16.2. The maximum absolute atomic E-state index is 12.4. The Balaban J connectivity index is 1.65. The summed E-state index contributed by atoms with van der Waals surface area (Å²) < 4.78 is 35.5. The highest BCUT2D eigenvalue weighted by Gasteiger charge is 2.21. The Hall–Kier alpha value is -3.86. The van der Waals surface area contributed by atoms with Crippen LogP contribution in [-0.2, 0) is 21.7 Å². The third kappa shape index (κ3) is 6.08. The van der Waals surface area contributed by atoms with Crippen molar-refractivity contribution in [2.45, 2.75) is 11.0 Å². The van der Waals surface area contributed by atoms with Gasteiger partial charge in [0.05, 0.1) is 4.90 Å². The molecule has 10 nitrogen and oxygen atoms in total. The number of ether oxygens (including phenoxy) is 2. The molecule has 32 heavy (non-hydrogen) atoms. The Morgan fingerprint density at radius 2 is 1.84 bits per heavy atom. The van der Waals surface area contributed by atoms with Gasteiger partial charge in [0.25, 0.3) is 5.91 Å². The molecule has 3 rings (SSSR count). The average molecular weight is 459 g/mol. The molecule has 0 saturated heterocycles. The minimum Gasteiger partial charge on any atom is -0.489 e. The van der Waals surface area contributed by atoms with E-state index in [2.05, 4.69) is 10.4 Å². The van der Waals surface area contributed by atoms with E-state index < -0.39 is 27.8 Å². The van der Waals surface area contributed by atoms with Gasteiger partial charge in [0.1, 0.15) is 18.1 Å². The number of aliphatic carboxylic acids is 1. The van der Waals surface area contributed by atoms with Crippen LogP contribution < -0.4 is 14.8 Å². The lowest BCUT2D eigenvalue weighted by molar-refractivity contribution is -0.146. The van der Waals surface area contributed by atoms with E-state index in [0.29, 0.717) is 5.82 Å². The zero-order valence-corrected chi connectivity index (χ0v) is 18.1. The molecule has 11 heteroatoms. The molecule has 0 bridgehead atoms. The van der Waals surface area contributed by atoms with Crippen molar-refractivity contribution in [1.29, 1.82) is 0 Å². The molecule has 2 N–H and O–H groups in total. The van der Waals surface area contributed by atoms with Crippen LogP contribution >= 0.6 is 0 Å². The molecule has 0 spiro atoms. The number of hydrogen-bond acceptors (Lipinski definition) is 7. The lowest BCUT2D eigenvalue weighted by atomic mass is 10.2. The van der Waals surface area contributed by atoms with Crippen molar-refractivity contribution in [2.75, 3.05) is 18.2 Å². The number of rotatable bonds is 9. The quantitative estimate of drug-likeness (QED) is 0.496. The molecule has 1 atom stereocenters. The highest BCUT2D eigenvalue weighted by Crippen LogP contribution is 2.19. The van der Waals surface area contributed by atoms with Gasteiger partial charge in [-0.25, -0.2) is 13.2 Å². The number of aryl methyl sites for hydroxylation is 1. The highest BCUT2D eigenvalue weighted by atomic mass is 32.2. The molecule has 2 aromatic carbocycles. The fourth-order valence-electron chi connectivity index (χ4n) is 2.66. The summed E-state index contributed by atoms with van der Waals surface area (Å²) in [6.45, 7) is -0.335. The molecule has 0 saturated carbocycles. The lowest BCUT2D eigenvalue weighted by Crippen LogP contribution is -2.33. The zero-order valence-electron chi connectivity index (χ0n) is 17.3. The van der Waals surface area contributed by atoms with Crippen LogP contribution in [0.4, 0.5) is 5.82 Å². The number of nitrogens with zero attached hydrogens (tertiary/aromatic N) is 2. The van der Waals surface area contributed by atoms with E-state index in [0.717, 1.165) is 6.26 Å². The van der Waals surface area contributed by atoms with Gasteiger partial charge in [-0.1, -0.05) is 6.07 Å². The highest BCUT2D eigenvalue weighted by molar-refractivity contribution is 7.90. The van der Waals surface area contributed by atoms with Crippen LogP contribution in [0.3, 0.4) is 0 Å². The molecule has 0 radical (unpaired) electrons. The molecule has 0 aliphatic carbocycles. The first-order valence-electron chi connectivity index (χ1n) is 9.35. The van der Waals surface area contributed by atoms with Gasteiger partial charge < -0.3 is 19.9 Å². The number of carboxylic acid groups (broad SMARTS) is 1. The summed E-state index contributed by atoms with van der Waals surface area (Å²) in [6.07, 6.45) is 1.40. The minimum absolute atomic E-state index is 0.122. The number of sulfone groups is 1. The van der Waals surface area contributed by atoms with Gasteiger partial charge in [-0.3, -0.25) is 9.48 Å². The van der Waals surface area contributed by atoms with Gasteiger partial charge in [0.2, 0.25) is 6.10 Å². The minimum atomic E-state index is -3.35. The molecule has 0 aliphatic rings. The van der Waals surface area contributed by atoms with Crippen molar-refractivity contribution in [3.8, 4) is 11.5 Å². The molecule has 1 aromatic heterocycles. The van der Waals surface area contributed by atoms with Crippen LogP contribution in [0.15, 0.2) is 65.7 Å². The second-order valence-corrected chi connectivity index (χ2v) is 8.87. The Morgan fingerprint density at radius 1 is 1.12 bits per heavy atom. The number of benzene rings is 2. The number of aromatic nitrogens is 2. The Kier molecular flexibility index (Phi) is 6.79. The van der Waals surface area contributed by atoms with Crippen LogP contribution in [0, 0.1) is 0 Å². The standard InChI is InChI=1S/C21H21N3O7S/c1-24-11-10-19(23-24)22-20(25)14-4-3-5-16(12-14)31-18(21(26)27)13-30-15-6-8-17(9-7-15)32(2,28)29/h3-12,18H,13H2,1-2H3,(H,26,27)(H,22,23,25). The number of carbonyl (C=O) groups excluding carboxylic acids is 1. The lowest BCUT2D eigenvalue weighted by Gasteiger charge is -2.16. The van der Waals surface area contributed by atoms with Crippen LogP contribution in [0.1, 0.15) is 10.4 Å². The molecule has 1 amide bonds. The summed E-state index contributed by atoms with van der Waals surface area (Å²) in [5.74, 6) is -0.857. The Morgan fingerprint density at radius 3 is 2.44 bits per heavy atom. The fraction of sp³-hybridized carbons (Fsp3) is 0.190. The summed E-state index contributed by atoms with van der Waals surface area (Å²) >= 11 is 0. The molecule has 0 fully saturated rings. The number of amides is 1.